The van der Waals surface area contributed by atoms with E-state index in [0.717, 1.165) is 5.56 Å². The first-order valence-electron chi connectivity index (χ1n) is 9.43. The monoisotopic (exact) mass is 437 g/mol. The number of amides is 4. The van der Waals surface area contributed by atoms with Crippen molar-refractivity contribution < 1.29 is 34.2 Å². The number of benzene rings is 1. The van der Waals surface area contributed by atoms with Crippen molar-refractivity contribution >= 4 is 29.6 Å². The minimum absolute atomic E-state index is 0.0918. The van der Waals surface area contributed by atoms with E-state index in [1.807, 2.05) is 0 Å². The molecule has 1 rings (SSSR count). The molecule has 4 amide bonds. The van der Waals surface area contributed by atoms with E-state index in [9.17, 15) is 24.0 Å². The predicted octanol–water partition coefficient (Wildman–Crippen LogP) is -3.02. The summed E-state index contributed by atoms with van der Waals surface area (Å²) >= 11 is 0. The van der Waals surface area contributed by atoms with Gasteiger partial charge in [-0.05, 0) is 12.0 Å². The van der Waals surface area contributed by atoms with Crippen molar-refractivity contribution in [2.75, 3.05) is 13.2 Å². The standard InChI is InChI=1S/C19H27N5O7/c20-12(10-25)17(28)24-14(8-11-4-2-1-3-5-11)18(29)22-9-16(27)23-13(19(30)31)6-7-15(21)26/h1-5,12-14,25H,6-10,20H2,(H2,21,26)(H,22,29)(H,23,27)(H,24,28)(H,30,31). The van der Waals surface area contributed by atoms with E-state index < -0.39 is 60.9 Å². The van der Waals surface area contributed by atoms with Crippen LogP contribution in [0.5, 0.6) is 0 Å². The van der Waals surface area contributed by atoms with Gasteiger partial charge in [0.25, 0.3) is 0 Å². The molecule has 0 saturated carbocycles. The van der Waals surface area contributed by atoms with E-state index in [2.05, 4.69) is 16.0 Å². The SMILES string of the molecule is NC(=O)CCC(NC(=O)CNC(=O)C(Cc1ccccc1)NC(=O)C(N)CO)C(=O)O. The summed E-state index contributed by atoms with van der Waals surface area (Å²) in [5, 5.41) is 25.0. The first-order valence-corrected chi connectivity index (χ1v) is 9.43. The Morgan fingerprint density at radius 1 is 0.968 bits per heavy atom. The van der Waals surface area contributed by atoms with E-state index >= 15 is 0 Å². The van der Waals surface area contributed by atoms with Gasteiger partial charge in [0.15, 0.2) is 0 Å². The van der Waals surface area contributed by atoms with Crippen LogP contribution >= 0.6 is 0 Å². The molecule has 0 heterocycles. The molecule has 0 aromatic heterocycles. The number of rotatable bonds is 13. The molecule has 3 unspecified atom stereocenters. The quantitative estimate of drug-likeness (QED) is 0.168. The Morgan fingerprint density at radius 3 is 2.16 bits per heavy atom. The zero-order valence-corrected chi connectivity index (χ0v) is 16.7. The van der Waals surface area contributed by atoms with Crippen LogP contribution < -0.4 is 27.4 Å². The highest BCUT2D eigenvalue weighted by Gasteiger charge is 2.25. The van der Waals surface area contributed by atoms with Gasteiger partial charge in [-0.2, -0.15) is 0 Å². The van der Waals surface area contributed by atoms with Gasteiger partial charge < -0.3 is 37.6 Å². The van der Waals surface area contributed by atoms with Crippen LogP contribution in [0.3, 0.4) is 0 Å². The normalized spacial score (nSPS) is 13.4. The fourth-order valence-corrected chi connectivity index (χ4v) is 2.50. The van der Waals surface area contributed by atoms with Crippen LogP contribution in [0.2, 0.25) is 0 Å². The molecule has 0 bridgehead atoms. The summed E-state index contributed by atoms with van der Waals surface area (Å²) in [6, 6.07) is 5.08. The fraction of sp³-hybridized carbons (Fsp3) is 0.421. The molecule has 0 aliphatic rings. The second-order valence-electron chi connectivity index (χ2n) is 6.72. The van der Waals surface area contributed by atoms with E-state index in [-0.39, 0.29) is 19.3 Å². The van der Waals surface area contributed by atoms with Gasteiger partial charge >= 0.3 is 5.97 Å². The van der Waals surface area contributed by atoms with Crippen molar-refractivity contribution in [3.63, 3.8) is 0 Å². The maximum absolute atomic E-state index is 12.5. The molecule has 0 spiro atoms. The minimum atomic E-state index is -1.35. The largest absolute Gasteiger partial charge is 0.480 e. The summed E-state index contributed by atoms with van der Waals surface area (Å²) in [7, 11) is 0. The van der Waals surface area contributed by atoms with Crippen LogP contribution in [-0.4, -0.2) is 71.1 Å². The molecule has 3 atom stereocenters. The third kappa shape index (κ3) is 9.69. The summed E-state index contributed by atoms with van der Waals surface area (Å²) in [5.74, 6) is -4.33. The molecule has 12 heteroatoms. The lowest BCUT2D eigenvalue weighted by Gasteiger charge is -2.20. The molecule has 9 N–H and O–H groups in total. The maximum atomic E-state index is 12.5. The average Bonchev–Trinajstić information content (AvgIpc) is 2.74. The van der Waals surface area contributed by atoms with Gasteiger partial charge in [0.05, 0.1) is 13.2 Å². The second-order valence-corrected chi connectivity index (χ2v) is 6.72. The number of carbonyl (C=O) groups excluding carboxylic acids is 4. The number of carbonyl (C=O) groups is 5. The van der Waals surface area contributed by atoms with E-state index in [4.69, 9.17) is 21.7 Å². The van der Waals surface area contributed by atoms with Gasteiger partial charge in [-0.25, -0.2) is 4.79 Å². The highest BCUT2D eigenvalue weighted by Crippen LogP contribution is 2.04. The molecule has 1 aromatic rings. The molecular formula is C19H27N5O7. The first-order chi connectivity index (χ1) is 14.6. The van der Waals surface area contributed by atoms with Crippen LogP contribution in [0.1, 0.15) is 18.4 Å². The fourth-order valence-electron chi connectivity index (χ4n) is 2.50. The number of aliphatic carboxylic acids is 1. The predicted molar refractivity (Wildman–Crippen MR) is 108 cm³/mol. The lowest BCUT2D eigenvalue weighted by atomic mass is 10.0. The summed E-state index contributed by atoms with van der Waals surface area (Å²) in [5.41, 5.74) is 11.2. The number of nitrogens with two attached hydrogens (primary N) is 2. The second kappa shape index (κ2) is 12.9. The van der Waals surface area contributed by atoms with Gasteiger partial charge in [-0.15, -0.1) is 0 Å². The van der Waals surface area contributed by atoms with Crippen LogP contribution in [0, 0.1) is 0 Å². The number of aliphatic hydroxyl groups is 1. The Bertz CT molecular complexity index is 787. The topological polar surface area (TPSA) is 214 Å². The molecule has 0 radical (unpaired) electrons. The molecule has 1 aromatic carbocycles. The molecule has 0 saturated heterocycles. The smallest absolute Gasteiger partial charge is 0.326 e. The Morgan fingerprint density at radius 2 is 1.61 bits per heavy atom. The number of hydrogen-bond donors (Lipinski definition) is 7. The highest BCUT2D eigenvalue weighted by molar-refractivity contribution is 5.92. The molecule has 12 nitrogen and oxygen atoms in total. The van der Waals surface area contributed by atoms with Crippen molar-refractivity contribution in [3.05, 3.63) is 35.9 Å². The van der Waals surface area contributed by atoms with E-state index in [1.165, 1.54) is 0 Å². The van der Waals surface area contributed by atoms with Crippen molar-refractivity contribution in [3.8, 4) is 0 Å². The lowest BCUT2D eigenvalue weighted by Crippen LogP contribution is -2.54. The number of aliphatic hydroxyl groups excluding tert-OH is 1. The third-order valence-corrected chi connectivity index (χ3v) is 4.18. The molecule has 170 valence electrons. The number of nitrogens with one attached hydrogen (secondary N) is 3. The zero-order chi connectivity index (χ0) is 23.4. The summed E-state index contributed by atoms with van der Waals surface area (Å²) in [4.78, 5) is 58.6. The first kappa shape index (κ1) is 25.5. The van der Waals surface area contributed by atoms with Crippen LogP contribution in [0.4, 0.5) is 0 Å². The summed E-state index contributed by atoms with van der Waals surface area (Å²) in [6.45, 7) is -1.18. The van der Waals surface area contributed by atoms with Crippen LogP contribution in [0.15, 0.2) is 30.3 Å². The lowest BCUT2D eigenvalue weighted by molar-refractivity contribution is -0.142. The van der Waals surface area contributed by atoms with Crippen molar-refractivity contribution in [1.82, 2.24) is 16.0 Å². The molecule has 0 aliphatic heterocycles. The average molecular weight is 437 g/mol. The van der Waals surface area contributed by atoms with Crippen molar-refractivity contribution in [2.24, 2.45) is 11.5 Å². The maximum Gasteiger partial charge on any atom is 0.326 e. The summed E-state index contributed by atoms with van der Waals surface area (Å²) < 4.78 is 0. The van der Waals surface area contributed by atoms with Crippen LogP contribution in [0.25, 0.3) is 0 Å². The van der Waals surface area contributed by atoms with E-state index in [1.54, 1.807) is 30.3 Å². The number of primary amides is 1. The third-order valence-electron chi connectivity index (χ3n) is 4.18. The van der Waals surface area contributed by atoms with Gasteiger partial charge in [0, 0.05) is 12.8 Å². The Balaban J connectivity index is 2.73. The molecule has 31 heavy (non-hydrogen) atoms. The van der Waals surface area contributed by atoms with Gasteiger partial charge in [0.1, 0.15) is 18.1 Å². The van der Waals surface area contributed by atoms with Gasteiger partial charge in [-0.1, -0.05) is 30.3 Å². The Labute approximate surface area is 178 Å². The van der Waals surface area contributed by atoms with Gasteiger partial charge in [0.2, 0.25) is 23.6 Å². The van der Waals surface area contributed by atoms with Gasteiger partial charge in [-0.3, -0.25) is 19.2 Å². The molecule has 0 aliphatic carbocycles. The molecule has 0 fully saturated rings. The highest BCUT2D eigenvalue weighted by atomic mass is 16.4. The zero-order valence-electron chi connectivity index (χ0n) is 16.7. The minimum Gasteiger partial charge on any atom is -0.480 e. The van der Waals surface area contributed by atoms with Crippen molar-refractivity contribution in [1.29, 1.82) is 0 Å². The number of carboxylic acids is 1. The van der Waals surface area contributed by atoms with Crippen LogP contribution in [-0.2, 0) is 30.4 Å². The molecular weight excluding hydrogens is 410 g/mol. The van der Waals surface area contributed by atoms with E-state index in [0.29, 0.717) is 0 Å². The van der Waals surface area contributed by atoms with Crippen molar-refractivity contribution in [2.45, 2.75) is 37.4 Å². The Kier molecular flexibility index (Phi) is 10.6. The Hall–Kier alpha value is -3.51. The summed E-state index contributed by atoms with van der Waals surface area (Å²) in [6.07, 6.45) is -0.343. The number of carboxylic acid groups (broad SMARTS) is 1. The number of hydrogen-bond acceptors (Lipinski definition) is 7.